The molecule has 0 atom stereocenters. The Labute approximate surface area is 137 Å². The number of aromatic nitrogens is 2. The molecule has 0 aliphatic rings. The van der Waals surface area contributed by atoms with Crippen molar-refractivity contribution in [3.05, 3.63) is 46.7 Å². The number of aryl methyl sites for hydroxylation is 1. The van der Waals surface area contributed by atoms with E-state index in [9.17, 15) is 0 Å². The van der Waals surface area contributed by atoms with E-state index in [1.165, 1.54) is 0 Å². The van der Waals surface area contributed by atoms with E-state index in [-0.39, 0.29) is 0 Å². The maximum absolute atomic E-state index is 6.40. The Balaban J connectivity index is 1.99. The molecule has 0 aliphatic heterocycles. The Hall–Kier alpha value is -1.16. The Kier molecular flexibility index (Phi) is 4.73. The zero-order valence-electron chi connectivity index (χ0n) is 11.4. The summed E-state index contributed by atoms with van der Waals surface area (Å²) in [5, 5.41) is 3.60. The maximum atomic E-state index is 6.40. The summed E-state index contributed by atoms with van der Waals surface area (Å²) in [6.07, 6.45) is 2.78. The molecule has 0 radical (unpaired) electrons. The van der Waals surface area contributed by atoms with E-state index < -0.39 is 0 Å². The quantitative estimate of drug-likeness (QED) is 0.345. The third-order valence-corrected chi connectivity index (χ3v) is 4.72. The van der Waals surface area contributed by atoms with Gasteiger partial charge in [0.05, 0.1) is 5.39 Å². The van der Waals surface area contributed by atoms with Crippen molar-refractivity contribution < 1.29 is 0 Å². The van der Waals surface area contributed by atoms with Gasteiger partial charge in [-0.05, 0) is 18.4 Å². The topological polar surface area (TPSA) is 25.8 Å². The summed E-state index contributed by atoms with van der Waals surface area (Å²) in [5.41, 5.74) is 2.25. The smallest absolute Gasteiger partial charge is 0.142 e. The average Bonchev–Trinajstić information content (AvgIpc) is 2.93. The fraction of sp³-hybridized carbons (Fsp3) is 0.250. The summed E-state index contributed by atoms with van der Waals surface area (Å²) in [6, 6.07) is 10.2. The third-order valence-electron chi connectivity index (χ3n) is 3.30. The van der Waals surface area contributed by atoms with E-state index in [1.54, 1.807) is 11.3 Å². The molecule has 0 amide bonds. The van der Waals surface area contributed by atoms with Crippen molar-refractivity contribution in [2.45, 2.75) is 19.3 Å². The molecule has 0 fully saturated rings. The van der Waals surface area contributed by atoms with Gasteiger partial charge in [0, 0.05) is 23.2 Å². The van der Waals surface area contributed by atoms with Crippen molar-refractivity contribution in [2.24, 2.45) is 0 Å². The summed E-state index contributed by atoms with van der Waals surface area (Å²) in [6.45, 7) is 0. The summed E-state index contributed by atoms with van der Waals surface area (Å²) >= 11 is 13.7. The van der Waals surface area contributed by atoms with Gasteiger partial charge in [-0.25, -0.2) is 9.97 Å². The third kappa shape index (κ3) is 3.20. The molecule has 3 rings (SSSR count). The summed E-state index contributed by atoms with van der Waals surface area (Å²) < 4.78 is 0. The zero-order valence-corrected chi connectivity index (χ0v) is 13.7. The number of nitrogens with zero attached hydrogens (tertiary/aromatic N) is 2. The van der Waals surface area contributed by atoms with Crippen molar-refractivity contribution in [2.75, 3.05) is 5.88 Å². The molecule has 0 saturated carbocycles. The van der Waals surface area contributed by atoms with Crippen LogP contribution in [0.25, 0.3) is 21.3 Å². The van der Waals surface area contributed by atoms with Gasteiger partial charge in [0.25, 0.3) is 0 Å². The van der Waals surface area contributed by atoms with Gasteiger partial charge in [-0.15, -0.1) is 22.9 Å². The van der Waals surface area contributed by atoms with E-state index in [1.807, 2.05) is 18.2 Å². The van der Waals surface area contributed by atoms with Crippen LogP contribution in [0, 0.1) is 0 Å². The molecule has 2 heterocycles. The zero-order chi connectivity index (χ0) is 14.7. The second-order valence-electron chi connectivity index (χ2n) is 4.77. The van der Waals surface area contributed by atoms with Gasteiger partial charge in [0.2, 0.25) is 0 Å². The van der Waals surface area contributed by atoms with Crippen LogP contribution in [0.15, 0.2) is 35.7 Å². The van der Waals surface area contributed by atoms with E-state index >= 15 is 0 Å². The van der Waals surface area contributed by atoms with Crippen LogP contribution >= 0.6 is 34.5 Å². The van der Waals surface area contributed by atoms with Crippen molar-refractivity contribution in [3.8, 4) is 11.1 Å². The van der Waals surface area contributed by atoms with Crippen LogP contribution < -0.4 is 0 Å². The molecule has 3 aromatic rings. The van der Waals surface area contributed by atoms with Crippen LogP contribution in [0.2, 0.25) is 5.15 Å². The average molecular weight is 337 g/mol. The second kappa shape index (κ2) is 6.73. The first kappa shape index (κ1) is 14.8. The Morgan fingerprint density at radius 3 is 2.62 bits per heavy atom. The lowest BCUT2D eigenvalue weighted by Crippen LogP contribution is -1.96. The molecule has 0 bridgehead atoms. The summed E-state index contributed by atoms with van der Waals surface area (Å²) in [4.78, 5) is 10.0. The van der Waals surface area contributed by atoms with E-state index in [0.29, 0.717) is 11.0 Å². The number of hydrogen-bond donors (Lipinski definition) is 0. The molecular weight excluding hydrogens is 323 g/mol. The lowest BCUT2D eigenvalue weighted by atomic mass is 10.1. The standard InChI is InChI=1S/C16H14Cl2N2S/c17-9-5-4-8-13-19-15(18)14-12(10-21-16(14)20-13)11-6-2-1-3-7-11/h1-3,6-7,10H,4-5,8-9H2. The normalized spacial score (nSPS) is 11.1. The van der Waals surface area contributed by atoms with Crippen LogP contribution in [-0.2, 0) is 6.42 Å². The molecule has 5 heteroatoms. The molecule has 2 aromatic heterocycles. The maximum Gasteiger partial charge on any atom is 0.142 e. The molecule has 0 saturated heterocycles. The van der Waals surface area contributed by atoms with E-state index in [4.69, 9.17) is 23.2 Å². The first-order valence-corrected chi connectivity index (χ1v) is 8.64. The highest BCUT2D eigenvalue weighted by molar-refractivity contribution is 7.17. The lowest BCUT2D eigenvalue weighted by molar-refractivity contribution is 0.761. The highest BCUT2D eigenvalue weighted by atomic mass is 35.5. The van der Waals surface area contributed by atoms with Crippen molar-refractivity contribution in [1.29, 1.82) is 0 Å². The summed E-state index contributed by atoms with van der Waals surface area (Å²) in [7, 11) is 0. The molecule has 21 heavy (non-hydrogen) atoms. The van der Waals surface area contributed by atoms with Crippen LogP contribution in [0.3, 0.4) is 0 Å². The minimum atomic E-state index is 0.543. The Morgan fingerprint density at radius 1 is 1.05 bits per heavy atom. The minimum Gasteiger partial charge on any atom is -0.222 e. The van der Waals surface area contributed by atoms with Gasteiger partial charge in [-0.3, -0.25) is 0 Å². The predicted molar refractivity (Wildman–Crippen MR) is 91.5 cm³/mol. The van der Waals surface area contributed by atoms with Gasteiger partial charge in [0.15, 0.2) is 0 Å². The van der Waals surface area contributed by atoms with Gasteiger partial charge in [-0.2, -0.15) is 0 Å². The van der Waals surface area contributed by atoms with Gasteiger partial charge in [-0.1, -0.05) is 41.9 Å². The number of benzene rings is 1. The van der Waals surface area contributed by atoms with Crippen molar-refractivity contribution >= 4 is 44.8 Å². The molecule has 0 N–H and O–H groups in total. The number of hydrogen-bond acceptors (Lipinski definition) is 3. The van der Waals surface area contributed by atoms with Crippen LogP contribution in [0.4, 0.5) is 0 Å². The number of halogens is 2. The molecular formula is C16H14Cl2N2S. The highest BCUT2D eigenvalue weighted by Crippen LogP contribution is 2.36. The largest absolute Gasteiger partial charge is 0.222 e. The van der Waals surface area contributed by atoms with Crippen LogP contribution in [0.1, 0.15) is 18.7 Å². The Morgan fingerprint density at radius 2 is 1.86 bits per heavy atom. The van der Waals surface area contributed by atoms with Crippen molar-refractivity contribution in [1.82, 2.24) is 9.97 Å². The predicted octanol–water partition coefficient (Wildman–Crippen LogP) is 5.57. The fourth-order valence-corrected chi connectivity index (χ4v) is 3.76. The number of rotatable bonds is 5. The summed E-state index contributed by atoms with van der Waals surface area (Å²) in [5.74, 6) is 1.48. The first-order valence-electron chi connectivity index (χ1n) is 6.84. The molecule has 0 unspecified atom stereocenters. The first-order chi connectivity index (χ1) is 10.3. The second-order valence-corrected chi connectivity index (χ2v) is 6.37. The van der Waals surface area contributed by atoms with Gasteiger partial charge in [0.1, 0.15) is 15.8 Å². The molecule has 1 aromatic carbocycles. The monoisotopic (exact) mass is 336 g/mol. The van der Waals surface area contributed by atoms with Crippen LogP contribution in [-0.4, -0.2) is 15.8 Å². The molecule has 0 spiro atoms. The van der Waals surface area contributed by atoms with Gasteiger partial charge >= 0.3 is 0 Å². The number of fused-ring (bicyclic) bond motifs is 1. The molecule has 2 nitrogen and oxygen atoms in total. The van der Waals surface area contributed by atoms with Crippen molar-refractivity contribution in [3.63, 3.8) is 0 Å². The highest BCUT2D eigenvalue weighted by Gasteiger charge is 2.13. The molecule has 0 aliphatic carbocycles. The number of unbranched alkanes of at least 4 members (excludes halogenated alkanes) is 1. The Bertz CT molecular complexity index is 741. The van der Waals surface area contributed by atoms with Gasteiger partial charge < -0.3 is 0 Å². The SMILES string of the molecule is ClCCCCc1nc(Cl)c2c(-c3ccccc3)csc2n1. The minimum absolute atomic E-state index is 0.543. The van der Waals surface area contributed by atoms with E-state index in [2.05, 4.69) is 27.5 Å². The number of alkyl halides is 1. The fourth-order valence-electron chi connectivity index (χ4n) is 2.26. The lowest BCUT2D eigenvalue weighted by Gasteiger charge is -2.03. The van der Waals surface area contributed by atoms with E-state index in [0.717, 1.165) is 46.4 Å². The number of thiophene rings is 1. The molecule has 108 valence electrons. The van der Waals surface area contributed by atoms with Crippen LogP contribution in [0.5, 0.6) is 0 Å².